The van der Waals surface area contributed by atoms with Gasteiger partial charge in [-0.05, 0) is 13.0 Å². The van der Waals surface area contributed by atoms with Crippen molar-refractivity contribution in [3.8, 4) is 6.07 Å². The van der Waals surface area contributed by atoms with Crippen LogP contribution in [-0.2, 0) is 11.0 Å². The standard InChI is InChI=1S/C14H11F3N4OS2/c1-8-6-10(14(15,16)17)9(7-18)12(20-8)23-4-2-11(22)21-13-19-3-5-24-13/h3,5-6H,2,4H2,1H3,(H,19,21,22). The van der Waals surface area contributed by atoms with Gasteiger partial charge in [0.1, 0.15) is 11.1 Å². The van der Waals surface area contributed by atoms with Crippen LogP contribution >= 0.6 is 23.1 Å². The molecule has 0 bridgehead atoms. The first kappa shape index (κ1) is 18.2. The van der Waals surface area contributed by atoms with Gasteiger partial charge in [0.05, 0.1) is 11.1 Å². The van der Waals surface area contributed by atoms with E-state index in [0.29, 0.717) is 5.13 Å². The molecule has 2 rings (SSSR count). The van der Waals surface area contributed by atoms with E-state index in [0.717, 1.165) is 17.8 Å². The Labute approximate surface area is 143 Å². The minimum atomic E-state index is -4.63. The molecule has 0 saturated heterocycles. The lowest BCUT2D eigenvalue weighted by Gasteiger charge is -2.12. The van der Waals surface area contributed by atoms with E-state index in [1.54, 1.807) is 17.6 Å². The second-order valence-electron chi connectivity index (χ2n) is 4.58. The fourth-order valence-corrected chi connectivity index (χ4v) is 3.32. The topological polar surface area (TPSA) is 78.7 Å². The van der Waals surface area contributed by atoms with Crippen molar-refractivity contribution in [2.45, 2.75) is 24.5 Å². The molecular formula is C14H11F3N4OS2. The molecule has 0 unspecified atom stereocenters. The largest absolute Gasteiger partial charge is 0.417 e. The number of alkyl halides is 3. The number of amides is 1. The summed E-state index contributed by atoms with van der Waals surface area (Å²) in [4.78, 5) is 19.6. The van der Waals surface area contributed by atoms with Gasteiger partial charge >= 0.3 is 6.18 Å². The lowest BCUT2D eigenvalue weighted by Crippen LogP contribution is -2.13. The number of rotatable bonds is 5. The van der Waals surface area contributed by atoms with Crippen molar-refractivity contribution in [3.05, 3.63) is 34.5 Å². The van der Waals surface area contributed by atoms with Crippen LogP contribution in [0.25, 0.3) is 0 Å². The molecule has 0 spiro atoms. The third-order valence-corrected chi connectivity index (χ3v) is 4.44. The summed E-state index contributed by atoms with van der Waals surface area (Å²) in [5.74, 6) is -0.112. The van der Waals surface area contributed by atoms with Gasteiger partial charge in [-0.3, -0.25) is 4.79 Å². The van der Waals surface area contributed by atoms with Gasteiger partial charge in [0.25, 0.3) is 0 Å². The van der Waals surface area contributed by atoms with Crippen LogP contribution in [0.3, 0.4) is 0 Å². The smallest absolute Gasteiger partial charge is 0.302 e. The number of aromatic nitrogens is 2. The van der Waals surface area contributed by atoms with Crippen molar-refractivity contribution in [1.29, 1.82) is 5.26 Å². The van der Waals surface area contributed by atoms with Crippen molar-refractivity contribution in [2.24, 2.45) is 0 Å². The average Bonchev–Trinajstić information content (AvgIpc) is 2.98. The summed E-state index contributed by atoms with van der Waals surface area (Å²) >= 11 is 2.21. The molecule has 0 radical (unpaired) electrons. The summed E-state index contributed by atoms with van der Waals surface area (Å²) < 4.78 is 39.0. The van der Waals surface area contributed by atoms with Crippen molar-refractivity contribution in [2.75, 3.05) is 11.1 Å². The van der Waals surface area contributed by atoms with Crippen molar-refractivity contribution in [1.82, 2.24) is 9.97 Å². The van der Waals surface area contributed by atoms with E-state index in [2.05, 4.69) is 15.3 Å². The highest BCUT2D eigenvalue weighted by molar-refractivity contribution is 7.99. The van der Waals surface area contributed by atoms with E-state index in [1.807, 2.05) is 0 Å². The number of thioether (sulfide) groups is 1. The lowest BCUT2D eigenvalue weighted by molar-refractivity contribution is -0.138. The van der Waals surface area contributed by atoms with E-state index < -0.39 is 17.3 Å². The van der Waals surface area contributed by atoms with Crippen molar-refractivity contribution >= 4 is 34.1 Å². The van der Waals surface area contributed by atoms with Crippen LogP contribution < -0.4 is 5.32 Å². The maximum absolute atomic E-state index is 13.0. The van der Waals surface area contributed by atoms with Gasteiger partial charge in [0.2, 0.25) is 5.91 Å². The lowest BCUT2D eigenvalue weighted by atomic mass is 10.1. The van der Waals surface area contributed by atoms with Crippen molar-refractivity contribution in [3.63, 3.8) is 0 Å². The van der Waals surface area contributed by atoms with Gasteiger partial charge in [-0.2, -0.15) is 18.4 Å². The first-order valence-electron chi connectivity index (χ1n) is 6.62. The van der Waals surface area contributed by atoms with Crippen LogP contribution in [0, 0.1) is 18.3 Å². The van der Waals surface area contributed by atoms with Crippen LogP contribution in [0.5, 0.6) is 0 Å². The molecule has 0 aliphatic carbocycles. The molecule has 2 heterocycles. The molecule has 0 aliphatic rings. The minimum absolute atomic E-state index is 0.0214. The van der Waals surface area contributed by atoms with Crippen LogP contribution in [0.4, 0.5) is 18.3 Å². The summed E-state index contributed by atoms with van der Waals surface area (Å²) in [6.45, 7) is 1.43. The molecular weight excluding hydrogens is 361 g/mol. The summed E-state index contributed by atoms with van der Waals surface area (Å²) in [6.07, 6.45) is -3.02. The molecule has 5 nitrogen and oxygen atoms in total. The Hall–Kier alpha value is -2.12. The molecule has 0 aliphatic heterocycles. The van der Waals surface area contributed by atoms with E-state index >= 15 is 0 Å². The summed E-state index contributed by atoms with van der Waals surface area (Å²) in [6, 6.07) is 2.41. The number of halogens is 3. The van der Waals surface area contributed by atoms with Crippen molar-refractivity contribution < 1.29 is 18.0 Å². The Bertz CT molecular complexity index is 770. The zero-order valence-corrected chi connectivity index (χ0v) is 14.0. The monoisotopic (exact) mass is 372 g/mol. The zero-order chi connectivity index (χ0) is 17.7. The Balaban J connectivity index is 2.06. The second-order valence-corrected chi connectivity index (χ2v) is 6.56. The van der Waals surface area contributed by atoms with E-state index in [1.165, 1.54) is 18.3 Å². The third kappa shape index (κ3) is 4.69. The fourth-order valence-electron chi connectivity index (χ4n) is 1.79. The maximum atomic E-state index is 13.0. The Morgan fingerprint density at radius 1 is 1.50 bits per heavy atom. The summed E-state index contributed by atoms with van der Waals surface area (Å²) in [5, 5.41) is 13.8. The molecule has 24 heavy (non-hydrogen) atoms. The number of pyridine rings is 1. The average molecular weight is 372 g/mol. The van der Waals surface area contributed by atoms with Gasteiger partial charge in [-0.1, -0.05) is 0 Å². The Morgan fingerprint density at radius 2 is 2.25 bits per heavy atom. The van der Waals surface area contributed by atoms with Crippen LogP contribution in [-0.4, -0.2) is 21.6 Å². The number of carbonyl (C=O) groups is 1. The van der Waals surface area contributed by atoms with E-state index in [4.69, 9.17) is 5.26 Å². The van der Waals surface area contributed by atoms with Gasteiger partial charge in [-0.15, -0.1) is 23.1 Å². The number of nitrogens with zero attached hydrogens (tertiary/aromatic N) is 3. The van der Waals surface area contributed by atoms with E-state index in [-0.39, 0.29) is 28.8 Å². The summed E-state index contributed by atoms with van der Waals surface area (Å²) in [7, 11) is 0. The molecule has 1 N–H and O–H groups in total. The molecule has 1 amide bonds. The van der Waals surface area contributed by atoms with Crippen LogP contribution in [0.2, 0.25) is 0 Å². The predicted molar refractivity (Wildman–Crippen MR) is 84.8 cm³/mol. The molecule has 2 aromatic heterocycles. The van der Waals surface area contributed by atoms with Crippen LogP contribution in [0.15, 0.2) is 22.7 Å². The number of nitriles is 1. The molecule has 2 aromatic rings. The second kappa shape index (κ2) is 7.63. The SMILES string of the molecule is Cc1cc(C(F)(F)F)c(C#N)c(SCCC(=O)Nc2nccs2)n1. The van der Waals surface area contributed by atoms with Gasteiger partial charge in [-0.25, -0.2) is 9.97 Å². The Morgan fingerprint density at radius 3 is 2.83 bits per heavy atom. The molecule has 0 atom stereocenters. The van der Waals surface area contributed by atoms with Gasteiger partial charge in [0.15, 0.2) is 5.13 Å². The number of thiazole rings is 1. The number of hydrogen-bond acceptors (Lipinski definition) is 6. The molecule has 0 saturated carbocycles. The normalized spacial score (nSPS) is 11.1. The fraction of sp³-hybridized carbons (Fsp3) is 0.286. The summed E-state index contributed by atoms with van der Waals surface area (Å²) in [5.41, 5.74) is -1.36. The number of nitrogens with one attached hydrogen (secondary N) is 1. The number of anilines is 1. The first-order valence-corrected chi connectivity index (χ1v) is 8.49. The quantitative estimate of drug-likeness (QED) is 0.807. The highest BCUT2D eigenvalue weighted by Gasteiger charge is 2.35. The molecule has 126 valence electrons. The molecule has 0 fully saturated rings. The van der Waals surface area contributed by atoms with E-state index in [9.17, 15) is 18.0 Å². The minimum Gasteiger partial charge on any atom is -0.302 e. The Kier molecular flexibility index (Phi) is 5.80. The van der Waals surface area contributed by atoms with Gasteiger partial charge < -0.3 is 5.32 Å². The highest BCUT2D eigenvalue weighted by atomic mass is 32.2. The molecule has 10 heteroatoms. The van der Waals surface area contributed by atoms with Gasteiger partial charge in [0, 0.05) is 29.4 Å². The highest BCUT2D eigenvalue weighted by Crippen LogP contribution is 2.35. The third-order valence-electron chi connectivity index (χ3n) is 2.78. The van der Waals surface area contributed by atoms with Crippen LogP contribution in [0.1, 0.15) is 23.2 Å². The number of hydrogen-bond donors (Lipinski definition) is 1. The number of aryl methyl sites for hydroxylation is 1. The number of carbonyl (C=O) groups excluding carboxylic acids is 1. The molecule has 0 aromatic carbocycles. The first-order chi connectivity index (χ1) is 11.3. The maximum Gasteiger partial charge on any atom is 0.417 e. The predicted octanol–water partition coefficient (Wildman–Crippen LogP) is 3.86. The zero-order valence-electron chi connectivity index (χ0n) is 12.3.